The van der Waals surface area contributed by atoms with Gasteiger partial charge in [0, 0.05) is 48.1 Å². The maximum Gasteiger partial charge on any atom is 0.253 e. The van der Waals surface area contributed by atoms with E-state index in [4.69, 9.17) is 10.7 Å². The number of aliphatic imine (C=N–C) groups is 1. The quantitative estimate of drug-likeness (QED) is 0.536. The standard InChI is InChI=1S/C28H33N5O/c1-6-14-33(5)26(34)23-9-7-8-22-24(23)17-30-25(22)28(4,18(2)3)21-12-10-19(11-13-21)20-15-31-27(29)32-16-20/h7-13,15-16,18H,6,14,17H2,1-5H3,(H2,29,31,32). The molecule has 0 radical (unpaired) electrons. The molecule has 6 nitrogen and oxygen atoms in total. The molecule has 2 N–H and O–H groups in total. The third-order valence-corrected chi connectivity index (χ3v) is 7.10. The summed E-state index contributed by atoms with van der Waals surface area (Å²) in [7, 11) is 1.87. The zero-order valence-corrected chi connectivity index (χ0v) is 20.7. The Hall–Kier alpha value is -3.54. The second-order valence-electron chi connectivity index (χ2n) is 9.49. The molecule has 2 heterocycles. The minimum atomic E-state index is -0.307. The van der Waals surface area contributed by atoms with E-state index in [0.717, 1.165) is 46.5 Å². The normalized spacial score (nSPS) is 14.5. The first-order valence-electron chi connectivity index (χ1n) is 11.9. The predicted molar refractivity (Wildman–Crippen MR) is 138 cm³/mol. The van der Waals surface area contributed by atoms with Gasteiger partial charge in [-0.2, -0.15) is 0 Å². The number of benzene rings is 2. The maximum atomic E-state index is 13.1. The van der Waals surface area contributed by atoms with E-state index in [2.05, 4.69) is 68.0 Å². The van der Waals surface area contributed by atoms with E-state index in [-0.39, 0.29) is 17.3 Å². The number of nitrogens with zero attached hydrogens (tertiary/aromatic N) is 4. The lowest BCUT2D eigenvalue weighted by Crippen LogP contribution is -2.38. The largest absolute Gasteiger partial charge is 0.368 e. The van der Waals surface area contributed by atoms with Gasteiger partial charge >= 0.3 is 0 Å². The van der Waals surface area contributed by atoms with Crippen LogP contribution in [0, 0.1) is 5.92 Å². The lowest BCUT2D eigenvalue weighted by molar-refractivity contribution is 0.0794. The number of anilines is 1. The van der Waals surface area contributed by atoms with Gasteiger partial charge < -0.3 is 10.6 Å². The molecule has 0 spiro atoms. The highest BCUT2D eigenvalue weighted by Gasteiger charge is 2.40. The Balaban J connectivity index is 1.71. The molecule has 1 aliphatic rings. The fraction of sp³-hybridized carbons (Fsp3) is 0.357. The lowest BCUT2D eigenvalue weighted by atomic mass is 9.68. The molecule has 0 fully saturated rings. The summed E-state index contributed by atoms with van der Waals surface area (Å²) in [5.74, 6) is 0.630. The van der Waals surface area contributed by atoms with E-state index in [1.54, 1.807) is 17.3 Å². The number of aromatic nitrogens is 2. The summed E-state index contributed by atoms with van der Waals surface area (Å²) in [5.41, 5.74) is 12.4. The average Bonchev–Trinajstić information content (AvgIpc) is 3.28. The summed E-state index contributed by atoms with van der Waals surface area (Å²) in [6.45, 7) is 10.1. The van der Waals surface area contributed by atoms with E-state index in [1.165, 1.54) is 5.56 Å². The minimum absolute atomic E-state index is 0.0662. The first kappa shape index (κ1) is 23.6. The molecule has 1 aliphatic heterocycles. The molecule has 3 aromatic rings. The highest BCUT2D eigenvalue weighted by atomic mass is 16.2. The highest BCUT2D eigenvalue weighted by Crippen LogP contribution is 2.40. The van der Waals surface area contributed by atoms with Crippen LogP contribution in [0.3, 0.4) is 0 Å². The molecule has 1 atom stereocenters. The minimum Gasteiger partial charge on any atom is -0.368 e. The first-order valence-corrected chi connectivity index (χ1v) is 11.9. The molecule has 1 unspecified atom stereocenters. The summed E-state index contributed by atoms with van der Waals surface area (Å²) in [6.07, 6.45) is 4.41. The van der Waals surface area contributed by atoms with E-state index in [0.29, 0.717) is 12.5 Å². The summed E-state index contributed by atoms with van der Waals surface area (Å²) in [5, 5.41) is 0. The fourth-order valence-electron chi connectivity index (χ4n) is 4.75. The summed E-state index contributed by atoms with van der Waals surface area (Å²) in [6, 6.07) is 14.5. The average molecular weight is 456 g/mol. The molecule has 6 heteroatoms. The molecule has 34 heavy (non-hydrogen) atoms. The second kappa shape index (κ2) is 9.37. The third-order valence-electron chi connectivity index (χ3n) is 7.10. The van der Waals surface area contributed by atoms with Crippen molar-refractivity contribution in [2.24, 2.45) is 10.9 Å². The molecule has 0 bridgehead atoms. The number of hydrogen-bond acceptors (Lipinski definition) is 5. The Morgan fingerprint density at radius 3 is 2.38 bits per heavy atom. The van der Waals surface area contributed by atoms with Crippen molar-refractivity contribution in [1.82, 2.24) is 14.9 Å². The number of rotatable bonds is 7. The summed E-state index contributed by atoms with van der Waals surface area (Å²) < 4.78 is 0. The first-order chi connectivity index (χ1) is 16.3. The monoisotopic (exact) mass is 455 g/mol. The van der Waals surface area contributed by atoms with Gasteiger partial charge in [-0.3, -0.25) is 9.79 Å². The number of nitrogen functional groups attached to an aromatic ring is 1. The maximum absolute atomic E-state index is 13.1. The van der Waals surface area contributed by atoms with Crippen molar-refractivity contribution in [3.05, 3.63) is 77.1 Å². The molecule has 1 aromatic heterocycles. The Kier molecular flexibility index (Phi) is 6.51. The highest BCUT2D eigenvalue weighted by molar-refractivity contribution is 6.12. The Morgan fingerprint density at radius 2 is 1.76 bits per heavy atom. The van der Waals surface area contributed by atoms with Crippen LogP contribution in [-0.2, 0) is 12.0 Å². The van der Waals surface area contributed by atoms with E-state index >= 15 is 0 Å². The number of carbonyl (C=O) groups excluding carboxylic acids is 1. The Bertz CT molecular complexity index is 1210. The fourth-order valence-corrected chi connectivity index (χ4v) is 4.75. The summed E-state index contributed by atoms with van der Waals surface area (Å²) in [4.78, 5) is 28.1. The van der Waals surface area contributed by atoms with Crippen molar-refractivity contribution in [3.63, 3.8) is 0 Å². The molecule has 2 aromatic carbocycles. The molecule has 0 aliphatic carbocycles. The number of amides is 1. The predicted octanol–water partition coefficient (Wildman–Crippen LogP) is 5.12. The zero-order chi connectivity index (χ0) is 24.5. The van der Waals surface area contributed by atoms with Crippen molar-refractivity contribution in [3.8, 4) is 11.1 Å². The smallest absolute Gasteiger partial charge is 0.253 e. The van der Waals surface area contributed by atoms with Crippen molar-refractivity contribution in [2.75, 3.05) is 19.3 Å². The van der Waals surface area contributed by atoms with Crippen molar-refractivity contribution < 1.29 is 4.79 Å². The molecule has 176 valence electrons. The van der Waals surface area contributed by atoms with Crippen LogP contribution in [0.4, 0.5) is 5.95 Å². The van der Waals surface area contributed by atoms with Crippen LogP contribution in [0.15, 0.2) is 59.9 Å². The van der Waals surface area contributed by atoms with Gasteiger partial charge in [0.05, 0.1) is 12.3 Å². The van der Waals surface area contributed by atoms with Crippen LogP contribution >= 0.6 is 0 Å². The molecule has 0 saturated carbocycles. The Labute approximate surface area is 202 Å². The van der Waals surface area contributed by atoms with E-state index < -0.39 is 0 Å². The van der Waals surface area contributed by atoms with Crippen molar-refractivity contribution in [2.45, 2.75) is 46.1 Å². The van der Waals surface area contributed by atoms with E-state index in [9.17, 15) is 4.79 Å². The molecule has 0 saturated heterocycles. The van der Waals surface area contributed by atoms with Gasteiger partial charge in [0.1, 0.15) is 0 Å². The number of nitrogens with two attached hydrogens (primary N) is 1. The van der Waals surface area contributed by atoms with Gasteiger partial charge in [0.25, 0.3) is 5.91 Å². The van der Waals surface area contributed by atoms with Gasteiger partial charge in [-0.25, -0.2) is 9.97 Å². The van der Waals surface area contributed by atoms with Gasteiger partial charge in [-0.05, 0) is 42.0 Å². The van der Waals surface area contributed by atoms with E-state index in [1.807, 2.05) is 19.2 Å². The van der Waals surface area contributed by atoms with Crippen LogP contribution in [0.25, 0.3) is 11.1 Å². The number of hydrogen-bond donors (Lipinski definition) is 1. The third kappa shape index (κ3) is 4.09. The second-order valence-corrected chi connectivity index (χ2v) is 9.49. The number of carbonyl (C=O) groups is 1. The molecule has 4 rings (SSSR count). The zero-order valence-electron chi connectivity index (χ0n) is 20.7. The summed E-state index contributed by atoms with van der Waals surface area (Å²) >= 11 is 0. The SMILES string of the molecule is CCCN(C)C(=O)c1cccc2c1CN=C2C(C)(c1ccc(-c2cnc(N)nc2)cc1)C(C)C. The lowest BCUT2D eigenvalue weighted by Gasteiger charge is -2.35. The van der Waals surface area contributed by atoms with Gasteiger partial charge in [-0.15, -0.1) is 0 Å². The molecule has 1 amide bonds. The van der Waals surface area contributed by atoms with Crippen molar-refractivity contribution in [1.29, 1.82) is 0 Å². The number of fused-ring (bicyclic) bond motifs is 1. The molecular weight excluding hydrogens is 422 g/mol. The van der Waals surface area contributed by atoms with Crippen LogP contribution in [0.1, 0.15) is 61.2 Å². The Morgan fingerprint density at radius 1 is 1.09 bits per heavy atom. The van der Waals surface area contributed by atoms with Crippen molar-refractivity contribution >= 4 is 17.6 Å². The van der Waals surface area contributed by atoms with Gasteiger partial charge in [-0.1, -0.05) is 57.2 Å². The van der Waals surface area contributed by atoms with Crippen LogP contribution in [0.5, 0.6) is 0 Å². The van der Waals surface area contributed by atoms with Gasteiger partial charge in [0.15, 0.2) is 0 Å². The van der Waals surface area contributed by atoms with Crippen LogP contribution < -0.4 is 5.73 Å². The van der Waals surface area contributed by atoms with Crippen LogP contribution in [0.2, 0.25) is 0 Å². The topological polar surface area (TPSA) is 84.5 Å². The van der Waals surface area contributed by atoms with Gasteiger partial charge in [0.2, 0.25) is 5.95 Å². The van der Waals surface area contributed by atoms with Crippen LogP contribution in [-0.4, -0.2) is 40.1 Å². The molecular formula is C28H33N5O.